The number of nitrogen functional groups attached to an aromatic ring is 1. The normalized spacial score (nSPS) is 13.1. The quantitative estimate of drug-likeness (QED) is 0.815. The first kappa shape index (κ1) is 11.6. The molecule has 5 heteroatoms. The second-order valence-electron chi connectivity index (χ2n) is 4.19. The molecule has 3 rings (SSSR count). The molecule has 2 aromatic rings. The fourth-order valence-corrected chi connectivity index (χ4v) is 1.92. The van der Waals surface area contributed by atoms with Gasteiger partial charge in [-0.3, -0.25) is 0 Å². The lowest BCUT2D eigenvalue weighted by Gasteiger charge is -2.20. The summed E-state index contributed by atoms with van der Waals surface area (Å²) in [5.74, 6) is 0.888. The monoisotopic (exact) mass is 260 g/mol. The summed E-state index contributed by atoms with van der Waals surface area (Å²) in [6, 6.07) is 9.81. The van der Waals surface area contributed by atoms with Gasteiger partial charge in [0.2, 0.25) is 0 Å². The molecule has 0 spiro atoms. The Hall–Kier alpha value is -2.43. The zero-order valence-corrected chi connectivity index (χ0v) is 10.2. The Morgan fingerprint density at radius 1 is 1.00 bits per heavy atom. The number of nitrogens with two attached hydrogens (primary N) is 1. The van der Waals surface area contributed by atoms with Crippen LogP contribution in [0, 0.1) is 5.82 Å². The van der Waals surface area contributed by atoms with E-state index >= 15 is 0 Å². The van der Waals surface area contributed by atoms with E-state index in [0.717, 1.165) is 0 Å². The van der Waals surface area contributed by atoms with Crippen molar-refractivity contribution in [2.45, 2.75) is 0 Å². The third-order valence-corrected chi connectivity index (χ3v) is 2.86. The highest BCUT2D eigenvalue weighted by molar-refractivity contribution is 5.76. The molecule has 19 heavy (non-hydrogen) atoms. The Bertz CT molecular complexity index is 616. The van der Waals surface area contributed by atoms with Gasteiger partial charge in [-0.1, -0.05) is 12.1 Å². The number of hydrogen-bond donors (Lipinski definition) is 2. The number of nitrogens with one attached hydrogen (secondary N) is 1. The number of fused-ring (bicyclic) bond motifs is 1. The largest absolute Gasteiger partial charge is 0.486 e. The van der Waals surface area contributed by atoms with Gasteiger partial charge in [0.15, 0.2) is 11.5 Å². The van der Waals surface area contributed by atoms with E-state index in [-0.39, 0.29) is 5.82 Å². The lowest BCUT2D eigenvalue weighted by Crippen LogP contribution is -2.15. The van der Waals surface area contributed by atoms with Gasteiger partial charge in [0.05, 0.1) is 17.1 Å². The van der Waals surface area contributed by atoms with Crippen LogP contribution in [-0.4, -0.2) is 13.2 Å². The SMILES string of the molecule is Nc1cc2c(cc1Nc1ccccc1F)OCCO2. The van der Waals surface area contributed by atoms with Crippen molar-refractivity contribution in [3.63, 3.8) is 0 Å². The zero-order chi connectivity index (χ0) is 13.2. The van der Waals surface area contributed by atoms with Crippen molar-refractivity contribution in [2.75, 3.05) is 24.3 Å². The molecule has 0 aromatic heterocycles. The van der Waals surface area contributed by atoms with Crippen LogP contribution in [0.25, 0.3) is 0 Å². The predicted molar refractivity (Wildman–Crippen MR) is 71.5 cm³/mol. The molecule has 0 atom stereocenters. The molecule has 0 unspecified atom stereocenters. The van der Waals surface area contributed by atoms with Crippen LogP contribution in [0.5, 0.6) is 11.5 Å². The van der Waals surface area contributed by atoms with E-state index in [0.29, 0.717) is 41.8 Å². The first-order chi connectivity index (χ1) is 9.24. The highest BCUT2D eigenvalue weighted by atomic mass is 19.1. The van der Waals surface area contributed by atoms with Gasteiger partial charge in [-0.15, -0.1) is 0 Å². The minimum Gasteiger partial charge on any atom is -0.486 e. The molecule has 98 valence electrons. The maximum Gasteiger partial charge on any atom is 0.163 e. The van der Waals surface area contributed by atoms with Gasteiger partial charge in [-0.25, -0.2) is 4.39 Å². The fourth-order valence-electron chi connectivity index (χ4n) is 1.92. The Labute approximate surface area is 109 Å². The van der Waals surface area contributed by atoms with Gasteiger partial charge in [-0.05, 0) is 12.1 Å². The third kappa shape index (κ3) is 2.27. The minimum absolute atomic E-state index is 0.336. The lowest BCUT2D eigenvalue weighted by molar-refractivity contribution is 0.172. The molecule has 0 saturated carbocycles. The van der Waals surface area contributed by atoms with Crippen molar-refractivity contribution in [1.29, 1.82) is 0 Å². The van der Waals surface area contributed by atoms with E-state index in [2.05, 4.69) is 5.32 Å². The van der Waals surface area contributed by atoms with Gasteiger partial charge in [-0.2, -0.15) is 0 Å². The maximum atomic E-state index is 13.6. The molecule has 0 amide bonds. The second-order valence-corrected chi connectivity index (χ2v) is 4.19. The van der Waals surface area contributed by atoms with Gasteiger partial charge >= 0.3 is 0 Å². The summed E-state index contributed by atoms with van der Waals surface area (Å²) in [7, 11) is 0. The molecule has 1 aliphatic rings. The number of anilines is 3. The van der Waals surface area contributed by atoms with E-state index in [4.69, 9.17) is 15.2 Å². The molecular weight excluding hydrogens is 247 g/mol. The van der Waals surface area contributed by atoms with Crippen LogP contribution >= 0.6 is 0 Å². The summed E-state index contributed by atoms with van der Waals surface area (Å²) in [5.41, 5.74) is 7.36. The Morgan fingerprint density at radius 3 is 2.42 bits per heavy atom. The summed E-state index contributed by atoms with van der Waals surface area (Å²) in [5, 5.41) is 2.96. The fraction of sp³-hybridized carbons (Fsp3) is 0.143. The number of hydrogen-bond acceptors (Lipinski definition) is 4. The van der Waals surface area contributed by atoms with Crippen molar-refractivity contribution < 1.29 is 13.9 Å². The van der Waals surface area contributed by atoms with E-state index in [9.17, 15) is 4.39 Å². The van der Waals surface area contributed by atoms with Gasteiger partial charge in [0, 0.05) is 12.1 Å². The van der Waals surface area contributed by atoms with Crippen molar-refractivity contribution in [2.24, 2.45) is 0 Å². The van der Waals surface area contributed by atoms with E-state index in [1.165, 1.54) is 6.07 Å². The van der Waals surface area contributed by atoms with Crippen LogP contribution in [-0.2, 0) is 0 Å². The summed E-state index contributed by atoms with van der Waals surface area (Å²) in [4.78, 5) is 0. The summed E-state index contributed by atoms with van der Waals surface area (Å²) in [6.45, 7) is 1.00. The van der Waals surface area contributed by atoms with Crippen LogP contribution in [0.15, 0.2) is 36.4 Å². The number of rotatable bonds is 2. The van der Waals surface area contributed by atoms with Gasteiger partial charge in [0.25, 0.3) is 0 Å². The molecule has 1 heterocycles. The summed E-state index contributed by atoms with van der Waals surface area (Å²) >= 11 is 0. The average Bonchev–Trinajstić information content (AvgIpc) is 2.42. The van der Waals surface area contributed by atoms with E-state index < -0.39 is 0 Å². The molecule has 3 N–H and O–H groups in total. The number of halogens is 1. The smallest absolute Gasteiger partial charge is 0.163 e. The van der Waals surface area contributed by atoms with Crippen LogP contribution in [0.4, 0.5) is 21.5 Å². The van der Waals surface area contributed by atoms with Crippen molar-refractivity contribution in [1.82, 2.24) is 0 Å². The van der Waals surface area contributed by atoms with Crippen LogP contribution in [0.2, 0.25) is 0 Å². The van der Waals surface area contributed by atoms with Crippen molar-refractivity contribution in [3.8, 4) is 11.5 Å². The molecule has 2 aromatic carbocycles. The number of benzene rings is 2. The van der Waals surface area contributed by atoms with E-state index in [1.54, 1.807) is 30.3 Å². The molecule has 0 bridgehead atoms. The molecule has 4 nitrogen and oxygen atoms in total. The van der Waals surface area contributed by atoms with Crippen LogP contribution in [0.1, 0.15) is 0 Å². The topological polar surface area (TPSA) is 56.5 Å². The van der Waals surface area contributed by atoms with Crippen molar-refractivity contribution in [3.05, 3.63) is 42.2 Å². The molecule has 0 aliphatic carbocycles. The third-order valence-electron chi connectivity index (χ3n) is 2.86. The Balaban J connectivity index is 1.95. The minimum atomic E-state index is -0.336. The maximum absolute atomic E-state index is 13.6. The Morgan fingerprint density at radius 2 is 1.68 bits per heavy atom. The highest BCUT2D eigenvalue weighted by Crippen LogP contribution is 2.38. The van der Waals surface area contributed by atoms with Gasteiger partial charge < -0.3 is 20.5 Å². The molecule has 0 saturated heterocycles. The molecule has 0 fully saturated rings. The predicted octanol–water partition coefficient (Wildman–Crippen LogP) is 2.92. The first-order valence-electron chi connectivity index (χ1n) is 5.95. The molecular formula is C14H13FN2O2. The van der Waals surface area contributed by atoms with E-state index in [1.807, 2.05) is 0 Å². The first-order valence-corrected chi connectivity index (χ1v) is 5.95. The molecule has 1 aliphatic heterocycles. The molecule has 0 radical (unpaired) electrons. The summed E-state index contributed by atoms with van der Waals surface area (Å²) in [6.07, 6.45) is 0. The second kappa shape index (κ2) is 4.68. The summed E-state index contributed by atoms with van der Waals surface area (Å²) < 4.78 is 24.5. The average molecular weight is 260 g/mol. The van der Waals surface area contributed by atoms with Crippen LogP contribution < -0.4 is 20.5 Å². The standard InChI is InChI=1S/C14H13FN2O2/c15-9-3-1-2-4-11(9)17-12-8-14-13(7-10(12)16)18-5-6-19-14/h1-4,7-8,17H,5-6,16H2. The highest BCUT2D eigenvalue weighted by Gasteiger charge is 2.15. The van der Waals surface area contributed by atoms with Crippen LogP contribution in [0.3, 0.4) is 0 Å². The number of para-hydroxylation sites is 1. The zero-order valence-electron chi connectivity index (χ0n) is 10.2. The number of ether oxygens (including phenoxy) is 2. The lowest BCUT2D eigenvalue weighted by atomic mass is 10.2. The van der Waals surface area contributed by atoms with Crippen molar-refractivity contribution >= 4 is 17.1 Å². The van der Waals surface area contributed by atoms with Gasteiger partial charge in [0.1, 0.15) is 19.0 Å². The Kier molecular flexibility index (Phi) is 2.87.